The first kappa shape index (κ1) is 24.4. The van der Waals surface area contributed by atoms with Gasteiger partial charge in [-0.05, 0) is 33.1 Å². The third kappa shape index (κ3) is 12.4. The highest BCUT2D eigenvalue weighted by Gasteiger charge is 2.15. The highest BCUT2D eigenvalue weighted by Crippen LogP contribution is 2.17. The largest absolute Gasteiger partial charge is 0.357 e. The van der Waals surface area contributed by atoms with Crippen LogP contribution in [0.25, 0.3) is 0 Å². The molecule has 0 heterocycles. The molecule has 7 nitrogen and oxygen atoms in total. The Hall–Kier alpha value is -0.580. The van der Waals surface area contributed by atoms with E-state index in [2.05, 4.69) is 20.9 Å². The van der Waals surface area contributed by atoms with Crippen LogP contribution in [0.5, 0.6) is 0 Å². The number of amides is 1. The van der Waals surface area contributed by atoms with Gasteiger partial charge >= 0.3 is 0 Å². The summed E-state index contributed by atoms with van der Waals surface area (Å²) in [6, 6.07) is 0.240. The van der Waals surface area contributed by atoms with Gasteiger partial charge in [-0.2, -0.15) is 0 Å². The van der Waals surface area contributed by atoms with E-state index in [9.17, 15) is 13.2 Å². The van der Waals surface area contributed by atoms with E-state index in [1.165, 1.54) is 25.5 Å². The van der Waals surface area contributed by atoms with Gasteiger partial charge in [0, 0.05) is 24.9 Å². The van der Waals surface area contributed by atoms with Crippen molar-refractivity contribution in [3.8, 4) is 0 Å². The molecule has 0 radical (unpaired) electrons. The van der Waals surface area contributed by atoms with E-state index in [0.717, 1.165) is 12.8 Å². The Morgan fingerprint density at radius 2 is 1.88 bits per heavy atom. The van der Waals surface area contributed by atoms with Crippen molar-refractivity contribution in [2.24, 2.45) is 4.99 Å². The van der Waals surface area contributed by atoms with E-state index in [1.54, 1.807) is 0 Å². The lowest BCUT2D eigenvalue weighted by molar-refractivity contribution is -0.120. The molecular weight excluding hydrogens is 455 g/mol. The van der Waals surface area contributed by atoms with Crippen LogP contribution >= 0.6 is 24.0 Å². The van der Waals surface area contributed by atoms with Crippen molar-refractivity contribution in [3.05, 3.63) is 0 Å². The van der Waals surface area contributed by atoms with E-state index in [0.29, 0.717) is 18.9 Å². The Morgan fingerprint density at radius 1 is 1.24 bits per heavy atom. The molecule has 3 N–H and O–H groups in total. The Balaban J connectivity index is 0.00000576. The summed E-state index contributed by atoms with van der Waals surface area (Å²) in [7, 11) is -2.97. The molecule has 1 saturated carbocycles. The average Bonchev–Trinajstić information content (AvgIpc) is 2.51. The lowest BCUT2D eigenvalue weighted by Crippen LogP contribution is -2.44. The maximum absolute atomic E-state index is 12.0. The molecule has 1 fully saturated rings. The maximum Gasteiger partial charge on any atom is 0.242 e. The third-order valence-corrected chi connectivity index (χ3v) is 4.98. The molecule has 0 saturated heterocycles. The van der Waals surface area contributed by atoms with Crippen LogP contribution in [-0.2, 0) is 14.6 Å². The molecule has 0 bridgehead atoms. The molecule has 0 aromatic rings. The minimum Gasteiger partial charge on any atom is -0.357 e. The number of nitrogens with zero attached hydrogens (tertiary/aromatic N) is 1. The van der Waals surface area contributed by atoms with Gasteiger partial charge in [0.25, 0.3) is 0 Å². The molecule has 1 aliphatic carbocycles. The van der Waals surface area contributed by atoms with Gasteiger partial charge < -0.3 is 16.0 Å². The summed E-state index contributed by atoms with van der Waals surface area (Å²) in [4.78, 5) is 16.3. The Kier molecular flexibility index (Phi) is 12.4. The van der Waals surface area contributed by atoms with Crippen molar-refractivity contribution in [1.29, 1.82) is 0 Å². The van der Waals surface area contributed by atoms with Crippen molar-refractivity contribution in [1.82, 2.24) is 16.0 Å². The molecule has 25 heavy (non-hydrogen) atoms. The van der Waals surface area contributed by atoms with Gasteiger partial charge in [0.1, 0.15) is 16.4 Å². The van der Waals surface area contributed by atoms with Crippen LogP contribution in [-0.4, -0.2) is 57.5 Å². The topological polar surface area (TPSA) is 99.7 Å². The molecule has 0 spiro atoms. The number of sulfone groups is 1. The van der Waals surface area contributed by atoms with E-state index < -0.39 is 9.84 Å². The molecule has 148 valence electrons. The summed E-state index contributed by atoms with van der Waals surface area (Å²) in [6.07, 6.45) is 7.44. The van der Waals surface area contributed by atoms with E-state index in [-0.39, 0.29) is 54.3 Å². The Bertz CT molecular complexity index is 519. The highest BCUT2D eigenvalue weighted by molar-refractivity contribution is 14.0. The van der Waals surface area contributed by atoms with E-state index >= 15 is 0 Å². The first-order chi connectivity index (χ1) is 11.3. The summed E-state index contributed by atoms with van der Waals surface area (Å²) >= 11 is 0. The van der Waals surface area contributed by atoms with Crippen molar-refractivity contribution < 1.29 is 13.2 Å². The van der Waals surface area contributed by atoms with Gasteiger partial charge in [0.2, 0.25) is 5.91 Å². The summed E-state index contributed by atoms with van der Waals surface area (Å²) in [5.74, 6) is 0.600. The average molecular weight is 488 g/mol. The minimum atomic E-state index is -2.97. The van der Waals surface area contributed by atoms with Crippen LogP contribution < -0.4 is 16.0 Å². The number of aliphatic imine (C=N–C) groups is 1. The van der Waals surface area contributed by atoms with Crippen molar-refractivity contribution >= 4 is 45.7 Å². The lowest BCUT2D eigenvalue weighted by atomic mass is 9.95. The number of halogens is 1. The zero-order valence-electron chi connectivity index (χ0n) is 15.5. The SMILES string of the molecule is CCNC(=NCC(=O)NC1CCCCC1)NC(C)CCS(C)(=O)=O.I. The Labute approximate surface area is 169 Å². The molecule has 1 amide bonds. The molecule has 0 aromatic heterocycles. The zero-order chi connectivity index (χ0) is 18.0. The number of rotatable bonds is 8. The van der Waals surface area contributed by atoms with Gasteiger partial charge in [-0.1, -0.05) is 19.3 Å². The molecule has 0 aliphatic heterocycles. The number of guanidine groups is 1. The summed E-state index contributed by atoms with van der Waals surface area (Å²) < 4.78 is 22.4. The molecule has 1 unspecified atom stereocenters. The molecule has 1 rings (SSSR count). The smallest absolute Gasteiger partial charge is 0.242 e. The lowest BCUT2D eigenvalue weighted by Gasteiger charge is -2.22. The number of hydrogen-bond donors (Lipinski definition) is 3. The molecule has 0 aromatic carbocycles. The fourth-order valence-corrected chi connectivity index (χ4v) is 3.47. The standard InChI is InChI=1S/C16H32N4O3S.HI/c1-4-17-16(19-13(2)10-11-24(3,22)23)18-12-15(21)20-14-8-6-5-7-9-14;/h13-14H,4-12H2,1-3H3,(H,20,21)(H2,17,18,19);1H. The normalized spacial score (nSPS) is 17.3. The number of nitrogens with one attached hydrogen (secondary N) is 3. The van der Waals surface area contributed by atoms with Crippen molar-refractivity contribution in [3.63, 3.8) is 0 Å². The predicted octanol–water partition coefficient (Wildman–Crippen LogP) is 1.43. The van der Waals surface area contributed by atoms with Crippen LogP contribution in [0, 0.1) is 0 Å². The second kappa shape index (κ2) is 12.7. The maximum atomic E-state index is 12.0. The highest BCUT2D eigenvalue weighted by atomic mass is 127. The van der Waals surface area contributed by atoms with E-state index in [1.807, 2.05) is 13.8 Å². The first-order valence-electron chi connectivity index (χ1n) is 8.82. The molecule has 9 heteroatoms. The van der Waals surface area contributed by atoms with Crippen LogP contribution in [0.2, 0.25) is 0 Å². The zero-order valence-corrected chi connectivity index (χ0v) is 18.7. The monoisotopic (exact) mass is 488 g/mol. The van der Waals surface area contributed by atoms with Crippen molar-refractivity contribution in [2.45, 2.75) is 64.5 Å². The van der Waals surface area contributed by atoms with Crippen molar-refractivity contribution in [2.75, 3.05) is 25.1 Å². The van der Waals surface area contributed by atoms with Crippen LogP contribution in [0.1, 0.15) is 52.4 Å². The second-order valence-electron chi connectivity index (χ2n) is 6.56. The Morgan fingerprint density at radius 3 is 2.44 bits per heavy atom. The first-order valence-corrected chi connectivity index (χ1v) is 10.9. The quantitative estimate of drug-likeness (QED) is 0.273. The third-order valence-electron chi connectivity index (χ3n) is 4.00. The van der Waals surface area contributed by atoms with Crippen LogP contribution in [0.4, 0.5) is 0 Å². The fraction of sp³-hybridized carbons (Fsp3) is 0.875. The number of carbonyl (C=O) groups excluding carboxylic acids is 1. The number of carbonyl (C=O) groups is 1. The predicted molar refractivity (Wildman–Crippen MR) is 113 cm³/mol. The molecule has 1 aliphatic rings. The van der Waals surface area contributed by atoms with Gasteiger partial charge in [-0.3, -0.25) is 4.79 Å². The summed E-state index contributed by atoms with van der Waals surface area (Å²) in [6.45, 7) is 4.60. The number of hydrogen-bond acceptors (Lipinski definition) is 4. The van der Waals surface area contributed by atoms with Crippen LogP contribution in [0.3, 0.4) is 0 Å². The molecular formula is C16H33IN4O3S. The van der Waals surface area contributed by atoms with Crippen LogP contribution in [0.15, 0.2) is 4.99 Å². The van der Waals surface area contributed by atoms with Gasteiger partial charge in [0.15, 0.2) is 5.96 Å². The summed E-state index contributed by atoms with van der Waals surface area (Å²) in [5, 5.41) is 9.26. The summed E-state index contributed by atoms with van der Waals surface area (Å²) in [5.41, 5.74) is 0. The van der Waals surface area contributed by atoms with Gasteiger partial charge in [-0.15, -0.1) is 24.0 Å². The minimum absolute atomic E-state index is 0. The molecule has 1 atom stereocenters. The van der Waals surface area contributed by atoms with Gasteiger partial charge in [0.05, 0.1) is 5.75 Å². The van der Waals surface area contributed by atoms with E-state index in [4.69, 9.17) is 0 Å². The fourth-order valence-electron chi connectivity index (χ4n) is 2.69. The second-order valence-corrected chi connectivity index (χ2v) is 8.82. The van der Waals surface area contributed by atoms with Gasteiger partial charge in [-0.25, -0.2) is 13.4 Å².